The van der Waals surface area contributed by atoms with Crippen molar-refractivity contribution in [3.05, 3.63) is 48.2 Å². The number of carbonyl (C=O) groups excluding carboxylic acids is 2. The lowest BCUT2D eigenvalue weighted by Gasteiger charge is -2.20. The highest BCUT2D eigenvalue weighted by Crippen LogP contribution is 2.28. The van der Waals surface area contributed by atoms with Crippen molar-refractivity contribution in [3.8, 4) is 11.3 Å². The van der Waals surface area contributed by atoms with Crippen molar-refractivity contribution in [2.75, 3.05) is 11.9 Å². The zero-order valence-corrected chi connectivity index (χ0v) is 14.8. The first kappa shape index (κ1) is 18.4. The van der Waals surface area contributed by atoms with Crippen molar-refractivity contribution in [2.45, 2.75) is 33.3 Å². The first-order chi connectivity index (χ1) is 11.8. The number of anilines is 1. The van der Waals surface area contributed by atoms with Gasteiger partial charge in [-0.3, -0.25) is 10.3 Å². The van der Waals surface area contributed by atoms with Gasteiger partial charge < -0.3 is 9.47 Å². The summed E-state index contributed by atoms with van der Waals surface area (Å²) in [5.74, 6) is -0.456. The Hall–Kier alpha value is -2.89. The van der Waals surface area contributed by atoms with Gasteiger partial charge in [0.25, 0.3) is 0 Å². The maximum Gasteiger partial charge on any atom is 0.412 e. The highest BCUT2D eigenvalue weighted by Gasteiger charge is 2.19. The van der Waals surface area contributed by atoms with Gasteiger partial charge in [0.05, 0.1) is 23.6 Å². The van der Waals surface area contributed by atoms with Crippen molar-refractivity contribution in [1.82, 2.24) is 4.98 Å². The Balaban J connectivity index is 2.39. The number of carbonyl (C=O) groups is 2. The van der Waals surface area contributed by atoms with E-state index in [0.29, 0.717) is 22.5 Å². The van der Waals surface area contributed by atoms with E-state index in [1.807, 2.05) is 12.1 Å². The zero-order chi connectivity index (χ0) is 18.4. The van der Waals surface area contributed by atoms with Crippen molar-refractivity contribution in [2.24, 2.45) is 0 Å². The Bertz CT molecular complexity index is 752. The molecule has 0 aliphatic rings. The quantitative estimate of drug-likeness (QED) is 0.840. The van der Waals surface area contributed by atoms with Crippen LogP contribution in [0.3, 0.4) is 0 Å². The largest absolute Gasteiger partial charge is 0.462 e. The number of rotatable bonds is 4. The van der Waals surface area contributed by atoms with E-state index >= 15 is 0 Å². The molecule has 0 bridgehead atoms. The number of hydrogen-bond donors (Lipinski definition) is 1. The molecule has 0 unspecified atom stereocenters. The Morgan fingerprint density at radius 3 is 2.52 bits per heavy atom. The zero-order valence-electron chi connectivity index (χ0n) is 14.8. The Kier molecular flexibility index (Phi) is 5.75. The van der Waals surface area contributed by atoms with Crippen LogP contribution in [0.25, 0.3) is 11.3 Å². The molecule has 0 fully saturated rings. The molecule has 1 N–H and O–H groups in total. The number of hydrogen-bond acceptors (Lipinski definition) is 5. The van der Waals surface area contributed by atoms with Gasteiger partial charge in [-0.25, -0.2) is 9.59 Å². The smallest absolute Gasteiger partial charge is 0.412 e. The van der Waals surface area contributed by atoms with Crippen molar-refractivity contribution in [3.63, 3.8) is 0 Å². The van der Waals surface area contributed by atoms with E-state index in [1.54, 1.807) is 58.2 Å². The summed E-state index contributed by atoms with van der Waals surface area (Å²) < 4.78 is 10.3. The monoisotopic (exact) mass is 342 g/mol. The van der Waals surface area contributed by atoms with Gasteiger partial charge in [-0.2, -0.15) is 0 Å². The van der Waals surface area contributed by atoms with E-state index in [9.17, 15) is 9.59 Å². The van der Waals surface area contributed by atoms with Crippen LogP contribution in [0.5, 0.6) is 0 Å². The minimum atomic E-state index is -0.631. The molecule has 1 aromatic carbocycles. The van der Waals surface area contributed by atoms with Crippen molar-refractivity contribution >= 4 is 17.7 Å². The fourth-order valence-electron chi connectivity index (χ4n) is 2.15. The predicted molar refractivity (Wildman–Crippen MR) is 95.5 cm³/mol. The van der Waals surface area contributed by atoms with E-state index < -0.39 is 17.7 Å². The molecule has 132 valence electrons. The molecule has 2 rings (SSSR count). The van der Waals surface area contributed by atoms with Gasteiger partial charge >= 0.3 is 12.1 Å². The lowest BCUT2D eigenvalue weighted by molar-refractivity contribution is 0.0524. The van der Waals surface area contributed by atoms with Gasteiger partial charge in [0.15, 0.2) is 0 Å². The van der Waals surface area contributed by atoms with Gasteiger partial charge in [-0.15, -0.1) is 0 Å². The summed E-state index contributed by atoms with van der Waals surface area (Å²) in [5.41, 5.74) is 1.49. The van der Waals surface area contributed by atoms with Gasteiger partial charge in [0, 0.05) is 11.8 Å². The average Bonchev–Trinajstić information content (AvgIpc) is 2.54. The molecule has 1 heterocycles. The van der Waals surface area contributed by atoms with Crippen molar-refractivity contribution < 1.29 is 19.1 Å². The molecule has 0 saturated carbocycles. The number of esters is 1. The van der Waals surface area contributed by atoms with Crippen LogP contribution in [-0.4, -0.2) is 29.3 Å². The highest BCUT2D eigenvalue weighted by atomic mass is 16.6. The van der Waals surface area contributed by atoms with E-state index in [1.165, 1.54) is 0 Å². The molecule has 0 radical (unpaired) electrons. The number of pyridine rings is 1. The lowest BCUT2D eigenvalue weighted by Crippen LogP contribution is -2.27. The molecule has 25 heavy (non-hydrogen) atoms. The number of ether oxygens (including phenoxy) is 2. The molecule has 0 spiro atoms. The molecule has 6 nitrogen and oxygen atoms in total. The molecule has 0 atom stereocenters. The summed E-state index contributed by atoms with van der Waals surface area (Å²) >= 11 is 0. The van der Waals surface area contributed by atoms with Gasteiger partial charge in [-0.05, 0) is 58.0 Å². The van der Waals surface area contributed by atoms with Gasteiger partial charge in [-0.1, -0.05) is 6.07 Å². The number of nitrogens with one attached hydrogen (secondary N) is 1. The Morgan fingerprint density at radius 2 is 1.92 bits per heavy atom. The molecule has 1 amide bonds. The van der Waals surface area contributed by atoms with Crippen molar-refractivity contribution in [1.29, 1.82) is 0 Å². The standard InChI is InChI=1S/C19H22N2O4/c1-5-24-17(22)13-9-10-14(15-8-6-7-11-20-15)16(12-13)21-18(23)25-19(2,3)4/h6-12H,5H2,1-4H3,(H,21,23). The lowest BCUT2D eigenvalue weighted by atomic mass is 10.1. The van der Waals surface area contributed by atoms with E-state index in [0.717, 1.165) is 0 Å². The summed E-state index contributed by atoms with van der Waals surface area (Å²) in [5, 5.41) is 2.69. The molecule has 0 aliphatic carbocycles. The second-order valence-corrected chi connectivity index (χ2v) is 6.32. The van der Waals surface area contributed by atoms with Crippen LogP contribution in [0, 0.1) is 0 Å². The minimum Gasteiger partial charge on any atom is -0.462 e. The Morgan fingerprint density at radius 1 is 1.16 bits per heavy atom. The third-order valence-corrected chi connectivity index (χ3v) is 3.11. The van der Waals surface area contributed by atoms with E-state index in [4.69, 9.17) is 9.47 Å². The SMILES string of the molecule is CCOC(=O)c1ccc(-c2ccccn2)c(NC(=O)OC(C)(C)C)c1. The average molecular weight is 342 g/mol. The van der Waals surface area contributed by atoms with Crippen LogP contribution in [0.4, 0.5) is 10.5 Å². The van der Waals surface area contributed by atoms with Crippen LogP contribution in [0.1, 0.15) is 38.1 Å². The number of amides is 1. The summed E-state index contributed by atoms with van der Waals surface area (Å²) in [6.07, 6.45) is 1.05. The molecular formula is C19H22N2O4. The number of benzene rings is 1. The van der Waals surface area contributed by atoms with Crippen LogP contribution < -0.4 is 5.32 Å². The summed E-state index contributed by atoms with van der Waals surface area (Å²) in [6, 6.07) is 10.4. The van der Waals surface area contributed by atoms with Crippen LogP contribution in [0.2, 0.25) is 0 Å². The third-order valence-electron chi connectivity index (χ3n) is 3.11. The van der Waals surface area contributed by atoms with E-state index in [-0.39, 0.29) is 6.61 Å². The molecule has 1 aromatic heterocycles. The number of aromatic nitrogens is 1. The second kappa shape index (κ2) is 7.79. The highest BCUT2D eigenvalue weighted by molar-refractivity contribution is 5.96. The second-order valence-electron chi connectivity index (χ2n) is 6.32. The summed E-state index contributed by atoms with van der Waals surface area (Å²) in [6.45, 7) is 7.35. The molecule has 0 saturated heterocycles. The summed E-state index contributed by atoms with van der Waals surface area (Å²) in [4.78, 5) is 28.4. The van der Waals surface area contributed by atoms with Crippen LogP contribution in [-0.2, 0) is 9.47 Å². The normalized spacial score (nSPS) is 10.9. The molecular weight excluding hydrogens is 320 g/mol. The van der Waals surface area contributed by atoms with Gasteiger partial charge in [0.1, 0.15) is 5.60 Å². The minimum absolute atomic E-state index is 0.273. The molecule has 2 aromatic rings. The van der Waals surface area contributed by atoms with Crippen LogP contribution in [0.15, 0.2) is 42.6 Å². The third kappa shape index (κ3) is 5.31. The first-order valence-electron chi connectivity index (χ1n) is 8.02. The fourth-order valence-corrected chi connectivity index (χ4v) is 2.15. The first-order valence-corrected chi connectivity index (χ1v) is 8.02. The topological polar surface area (TPSA) is 77.5 Å². The molecule has 6 heteroatoms. The van der Waals surface area contributed by atoms with E-state index in [2.05, 4.69) is 10.3 Å². The predicted octanol–water partition coefficient (Wildman–Crippen LogP) is 4.27. The van der Waals surface area contributed by atoms with Crippen LogP contribution >= 0.6 is 0 Å². The number of nitrogens with zero attached hydrogens (tertiary/aromatic N) is 1. The molecule has 0 aliphatic heterocycles. The Labute approximate surface area is 147 Å². The maximum atomic E-state index is 12.1. The summed E-state index contributed by atoms with van der Waals surface area (Å²) in [7, 11) is 0. The van der Waals surface area contributed by atoms with Gasteiger partial charge in [0.2, 0.25) is 0 Å². The fraction of sp³-hybridized carbons (Fsp3) is 0.316. The maximum absolute atomic E-state index is 12.1.